The molecule has 0 amide bonds. The van der Waals surface area contributed by atoms with Crippen LogP contribution < -0.4 is 21.3 Å². The molecule has 0 spiro atoms. The summed E-state index contributed by atoms with van der Waals surface area (Å²) < 4.78 is 5.48. The molecule has 1 aromatic rings. The fourth-order valence-electron chi connectivity index (χ4n) is 2.01. The van der Waals surface area contributed by atoms with E-state index in [0.29, 0.717) is 23.9 Å². The summed E-state index contributed by atoms with van der Waals surface area (Å²) in [5, 5.41) is 3.29. The third-order valence-corrected chi connectivity index (χ3v) is 3.30. The van der Waals surface area contributed by atoms with Crippen LogP contribution in [0.5, 0.6) is 6.01 Å². The summed E-state index contributed by atoms with van der Waals surface area (Å²) in [5.41, 5.74) is 2.43. The molecule has 1 unspecified atom stereocenters. The lowest BCUT2D eigenvalue weighted by atomic mass is 9.80. The van der Waals surface area contributed by atoms with Crippen molar-refractivity contribution in [3.8, 4) is 6.01 Å². The number of nitrogens with one attached hydrogen (secondary N) is 2. The zero-order chi connectivity index (χ0) is 13.8. The van der Waals surface area contributed by atoms with Gasteiger partial charge < -0.3 is 10.1 Å². The van der Waals surface area contributed by atoms with Crippen LogP contribution in [-0.2, 0) is 0 Å². The summed E-state index contributed by atoms with van der Waals surface area (Å²) in [4.78, 5) is 12.5. The number of nitrogens with two attached hydrogens (primary N) is 1. The standard InChI is InChI=1S/C12H22N6O/c1-7(2)19-12-16-10(15-11(17-12)18-13)14-8(3)9-5-4-6-9/h7-9H,4-6,13H2,1-3H3,(H2,14,15,16,17,18). The van der Waals surface area contributed by atoms with Gasteiger partial charge in [0, 0.05) is 6.04 Å². The highest BCUT2D eigenvalue weighted by Gasteiger charge is 2.24. The average molecular weight is 266 g/mol. The van der Waals surface area contributed by atoms with E-state index in [1.807, 2.05) is 13.8 Å². The molecule has 0 radical (unpaired) electrons. The third-order valence-electron chi connectivity index (χ3n) is 3.30. The minimum atomic E-state index is 0.00456. The molecule has 1 saturated carbocycles. The van der Waals surface area contributed by atoms with Crippen LogP contribution in [0.15, 0.2) is 0 Å². The van der Waals surface area contributed by atoms with Gasteiger partial charge in [0.15, 0.2) is 0 Å². The fraction of sp³-hybridized carbons (Fsp3) is 0.750. The van der Waals surface area contributed by atoms with Crippen molar-refractivity contribution < 1.29 is 4.74 Å². The van der Waals surface area contributed by atoms with Crippen molar-refractivity contribution in [2.24, 2.45) is 11.8 Å². The second-order valence-electron chi connectivity index (χ2n) is 5.20. The van der Waals surface area contributed by atoms with Crippen LogP contribution in [0.4, 0.5) is 11.9 Å². The van der Waals surface area contributed by atoms with Crippen molar-refractivity contribution in [3.63, 3.8) is 0 Å². The summed E-state index contributed by atoms with van der Waals surface area (Å²) in [5.74, 6) is 6.85. The van der Waals surface area contributed by atoms with Gasteiger partial charge in [0.05, 0.1) is 6.10 Å². The highest BCUT2D eigenvalue weighted by molar-refractivity contribution is 5.35. The number of nitrogens with zero attached hydrogens (tertiary/aromatic N) is 3. The molecule has 1 heterocycles. The van der Waals surface area contributed by atoms with Gasteiger partial charge in [-0.3, -0.25) is 5.43 Å². The first-order chi connectivity index (χ1) is 9.08. The lowest BCUT2D eigenvalue weighted by Gasteiger charge is -2.31. The summed E-state index contributed by atoms with van der Waals surface area (Å²) in [6.45, 7) is 5.99. The van der Waals surface area contributed by atoms with Crippen molar-refractivity contribution in [2.45, 2.75) is 52.2 Å². The van der Waals surface area contributed by atoms with Crippen LogP contribution in [0.2, 0.25) is 0 Å². The Morgan fingerprint density at radius 1 is 1.16 bits per heavy atom. The van der Waals surface area contributed by atoms with Crippen molar-refractivity contribution in [1.29, 1.82) is 0 Å². The maximum Gasteiger partial charge on any atom is 0.323 e. The Kier molecular flexibility index (Phi) is 4.36. The van der Waals surface area contributed by atoms with Gasteiger partial charge in [0.2, 0.25) is 11.9 Å². The van der Waals surface area contributed by atoms with Gasteiger partial charge in [-0.2, -0.15) is 15.0 Å². The second kappa shape index (κ2) is 6.01. The van der Waals surface area contributed by atoms with Crippen LogP contribution in [-0.4, -0.2) is 27.1 Å². The van der Waals surface area contributed by atoms with E-state index in [2.05, 4.69) is 32.6 Å². The molecule has 1 aromatic heterocycles. The number of hydrogen-bond donors (Lipinski definition) is 3. The van der Waals surface area contributed by atoms with E-state index >= 15 is 0 Å². The Bertz CT molecular complexity index is 421. The zero-order valence-corrected chi connectivity index (χ0v) is 11.7. The van der Waals surface area contributed by atoms with Gasteiger partial charge in [-0.05, 0) is 39.5 Å². The van der Waals surface area contributed by atoms with Gasteiger partial charge in [-0.1, -0.05) is 6.42 Å². The Morgan fingerprint density at radius 2 is 1.84 bits per heavy atom. The summed E-state index contributed by atoms with van der Waals surface area (Å²) in [6, 6.07) is 0.620. The molecule has 106 valence electrons. The highest BCUT2D eigenvalue weighted by Crippen LogP contribution is 2.30. The first-order valence-corrected chi connectivity index (χ1v) is 6.74. The monoisotopic (exact) mass is 266 g/mol. The molecule has 0 bridgehead atoms. The highest BCUT2D eigenvalue weighted by atomic mass is 16.5. The van der Waals surface area contributed by atoms with E-state index in [1.165, 1.54) is 19.3 Å². The molecule has 2 rings (SSSR count). The Balaban J connectivity index is 2.09. The number of anilines is 2. The van der Waals surface area contributed by atoms with E-state index in [-0.39, 0.29) is 12.1 Å². The summed E-state index contributed by atoms with van der Waals surface area (Å²) >= 11 is 0. The largest absolute Gasteiger partial charge is 0.461 e. The topological polar surface area (TPSA) is 98.0 Å². The molecule has 1 atom stereocenters. The van der Waals surface area contributed by atoms with Crippen LogP contribution in [0.25, 0.3) is 0 Å². The van der Waals surface area contributed by atoms with Crippen molar-refractivity contribution >= 4 is 11.9 Å². The van der Waals surface area contributed by atoms with E-state index in [9.17, 15) is 0 Å². The lowest BCUT2D eigenvalue weighted by Crippen LogP contribution is -2.31. The molecule has 0 saturated heterocycles. The molecule has 4 N–H and O–H groups in total. The lowest BCUT2D eigenvalue weighted by molar-refractivity contribution is 0.222. The molecule has 19 heavy (non-hydrogen) atoms. The molecular formula is C12H22N6O. The summed E-state index contributed by atoms with van der Waals surface area (Å²) in [7, 11) is 0. The van der Waals surface area contributed by atoms with Crippen molar-refractivity contribution in [2.75, 3.05) is 10.7 Å². The molecule has 1 aliphatic rings. The molecule has 0 aromatic carbocycles. The first-order valence-electron chi connectivity index (χ1n) is 6.74. The smallest absolute Gasteiger partial charge is 0.323 e. The number of ether oxygens (including phenoxy) is 1. The molecule has 0 aliphatic heterocycles. The predicted octanol–water partition coefficient (Wildman–Crippen LogP) is 1.54. The third kappa shape index (κ3) is 3.66. The number of hydrogen-bond acceptors (Lipinski definition) is 7. The zero-order valence-electron chi connectivity index (χ0n) is 11.7. The molecule has 7 heteroatoms. The predicted molar refractivity (Wildman–Crippen MR) is 73.8 cm³/mol. The quantitative estimate of drug-likeness (QED) is 0.530. The minimum Gasteiger partial charge on any atom is -0.461 e. The van der Waals surface area contributed by atoms with Crippen LogP contribution in [0.1, 0.15) is 40.0 Å². The average Bonchev–Trinajstić information content (AvgIpc) is 2.24. The van der Waals surface area contributed by atoms with Crippen molar-refractivity contribution in [3.05, 3.63) is 0 Å². The molecule has 7 nitrogen and oxygen atoms in total. The van der Waals surface area contributed by atoms with Gasteiger partial charge in [-0.15, -0.1) is 0 Å². The molecule has 1 fully saturated rings. The number of nitrogen functional groups attached to an aromatic ring is 1. The SMILES string of the molecule is CC(C)Oc1nc(NN)nc(NC(C)C2CCC2)n1. The normalized spacial score (nSPS) is 16.9. The number of rotatable bonds is 6. The number of aromatic nitrogens is 3. The maximum atomic E-state index is 5.48. The fourth-order valence-corrected chi connectivity index (χ4v) is 2.01. The van der Waals surface area contributed by atoms with E-state index in [4.69, 9.17) is 10.6 Å². The summed E-state index contributed by atoms with van der Waals surface area (Å²) in [6.07, 6.45) is 3.84. The maximum absolute atomic E-state index is 5.48. The molecule has 1 aliphatic carbocycles. The first kappa shape index (κ1) is 13.8. The Labute approximate surface area is 113 Å². The Hall–Kier alpha value is -1.63. The Morgan fingerprint density at radius 3 is 2.37 bits per heavy atom. The van der Waals surface area contributed by atoms with Crippen LogP contribution >= 0.6 is 0 Å². The van der Waals surface area contributed by atoms with Crippen molar-refractivity contribution in [1.82, 2.24) is 15.0 Å². The van der Waals surface area contributed by atoms with Crippen LogP contribution in [0, 0.1) is 5.92 Å². The van der Waals surface area contributed by atoms with Crippen LogP contribution in [0.3, 0.4) is 0 Å². The van der Waals surface area contributed by atoms with E-state index in [1.54, 1.807) is 0 Å². The second-order valence-corrected chi connectivity index (χ2v) is 5.20. The number of hydrazine groups is 1. The van der Waals surface area contributed by atoms with E-state index < -0.39 is 0 Å². The van der Waals surface area contributed by atoms with E-state index in [0.717, 1.165) is 0 Å². The minimum absolute atomic E-state index is 0.00456. The van der Waals surface area contributed by atoms with Gasteiger partial charge >= 0.3 is 6.01 Å². The molecular weight excluding hydrogens is 244 g/mol. The van der Waals surface area contributed by atoms with Gasteiger partial charge in [-0.25, -0.2) is 5.84 Å². The van der Waals surface area contributed by atoms with Gasteiger partial charge in [0.25, 0.3) is 0 Å². The van der Waals surface area contributed by atoms with Gasteiger partial charge in [0.1, 0.15) is 0 Å².